The maximum Gasteiger partial charge on any atom is 0.407 e. The van der Waals surface area contributed by atoms with Gasteiger partial charge in [-0.2, -0.15) is 0 Å². The molecule has 3 rings (SSSR count). The lowest BCUT2D eigenvalue weighted by atomic mass is 9.98. The Hall–Kier alpha value is -2.41. The van der Waals surface area contributed by atoms with Crippen molar-refractivity contribution in [3.8, 4) is 11.1 Å². The van der Waals surface area contributed by atoms with Gasteiger partial charge in [-0.1, -0.05) is 120 Å². The quantitative estimate of drug-likeness (QED) is 0.142. The molecule has 0 fully saturated rings. The molecule has 0 radical (unpaired) electrons. The summed E-state index contributed by atoms with van der Waals surface area (Å²) < 4.78 is 22.3. The molecule has 0 saturated carbocycles. The molecule has 2 aromatic carbocycles. The SMILES string of the molecule is CCCCCCCCCCCCCOCCOCCOCCNC(=O)OCC1c2ccccc2-c2ccccc21. The largest absolute Gasteiger partial charge is 0.449 e. The van der Waals surface area contributed by atoms with Gasteiger partial charge >= 0.3 is 6.09 Å². The number of nitrogens with one attached hydrogen (secondary N) is 1. The van der Waals surface area contributed by atoms with Gasteiger partial charge in [0.15, 0.2) is 0 Å². The van der Waals surface area contributed by atoms with Crippen LogP contribution in [0.25, 0.3) is 11.1 Å². The highest BCUT2D eigenvalue weighted by Crippen LogP contribution is 2.44. The number of carbonyl (C=O) groups is 1. The van der Waals surface area contributed by atoms with Gasteiger partial charge in [-0.25, -0.2) is 4.79 Å². The molecule has 1 aliphatic rings. The summed E-state index contributed by atoms with van der Waals surface area (Å²) in [5, 5.41) is 2.77. The monoisotopic (exact) mass is 553 g/mol. The third-order valence-corrected chi connectivity index (χ3v) is 7.50. The minimum atomic E-state index is -0.420. The number of fused-ring (bicyclic) bond motifs is 3. The van der Waals surface area contributed by atoms with Gasteiger partial charge in [0.2, 0.25) is 0 Å². The van der Waals surface area contributed by atoms with E-state index in [0.29, 0.717) is 46.2 Å². The minimum absolute atomic E-state index is 0.0650. The number of carbonyl (C=O) groups excluding carboxylic acids is 1. The van der Waals surface area contributed by atoms with Crippen molar-refractivity contribution in [2.75, 3.05) is 52.8 Å². The first-order chi connectivity index (χ1) is 19.8. The molecule has 0 atom stereocenters. The summed E-state index contributed by atoms with van der Waals surface area (Å²) in [4.78, 5) is 12.2. The van der Waals surface area contributed by atoms with E-state index < -0.39 is 6.09 Å². The fourth-order valence-electron chi connectivity index (χ4n) is 5.28. The molecule has 2 aromatic rings. The number of rotatable bonds is 23. The van der Waals surface area contributed by atoms with Crippen LogP contribution in [0.4, 0.5) is 4.79 Å². The van der Waals surface area contributed by atoms with Gasteiger partial charge in [-0.05, 0) is 28.7 Å². The van der Waals surface area contributed by atoms with E-state index in [1.807, 2.05) is 24.3 Å². The Bertz CT molecular complexity index is 904. The summed E-state index contributed by atoms with van der Waals surface area (Å²) in [7, 11) is 0. The molecule has 0 spiro atoms. The van der Waals surface area contributed by atoms with Crippen molar-refractivity contribution >= 4 is 6.09 Å². The maximum absolute atomic E-state index is 12.2. The fraction of sp³-hybridized carbons (Fsp3) is 0.618. The van der Waals surface area contributed by atoms with Gasteiger partial charge in [0, 0.05) is 19.1 Å². The van der Waals surface area contributed by atoms with Crippen LogP contribution in [0.3, 0.4) is 0 Å². The molecule has 40 heavy (non-hydrogen) atoms. The standard InChI is InChI=1S/C34H51NO5/c1-2-3-4-5-6-7-8-9-10-11-16-22-37-24-26-39-27-25-38-23-21-35-34(36)40-28-33-31-19-14-12-17-29(31)30-18-13-15-20-32(30)33/h12-15,17-20,33H,2-11,16,21-28H2,1H3,(H,35,36). The molecule has 6 nitrogen and oxygen atoms in total. The van der Waals surface area contributed by atoms with Crippen LogP contribution in [0.1, 0.15) is 94.6 Å². The molecule has 222 valence electrons. The molecule has 6 heteroatoms. The molecule has 0 aliphatic heterocycles. The van der Waals surface area contributed by atoms with E-state index in [1.165, 1.54) is 86.5 Å². The van der Waals surface area contributed by atoms with Crippen molar-refractivity contribution in [2.45, 2.75) is 83.5 Å². The first-order valence-corrected chi connectivity index (χ1v) is 15.6. The minimum Gasteiger partial charge on any atom is -0.449 e. The van der Waals surface area contributed by atoms with E-state index in [1.54, 1.807) is 0 Å². The number of amides is 1. The van der Waals surface area contributed by atoms with Crippen molar-refractivity contribution in [1.82, 2.24) is 5.32 Å². The Labute approximate surface area is 242 Å². The zero-order valence-corrected chi connectivity index (χ0v) is 24.7. The van der Waals surface area contributed by atoms with E-state index in [2.05, 4.69) is 36.5 Å². The van der Waals surface area contributed by atoms with Crippen LogP contribution >= 0.6 is 0 Å². The number of benzene rings is 2. The molecule has 1 amide bonds. The van der Waals surface area contributed by atoms with Crippen molar-refractivity contribution in [3.63, 3.8) is 0 Å². The van der Waals surface area contributed by atoms with Crippen LogP contribution in [0.15, 0.2) is 48.5 Å². The van der Waals surface area contributed by atoms with E-state index >= 15 is 0 Å². The highest BCUT2D eigenvalue weighted by Gasteiger charge is 2.28. The zero-order valence-electron chi connectivity index (χ0n) is 24.7. The van der Waals surface area contributed by atoms with Gasteiger partial charge in [0.1, 0.15) is 6.61 Å². The third kappa shape index (κ3) is 12.0. The summed E-state index contributed by atoms with van der Waals surface area (Å²) in [5.74, 6) is 0.0650. The van der Waals surface area contributed by atoms with Gasteiger partial charge in [-0.15, -0.1) is 0 Å². The number of hydrogen-bond donors (Lipinski definition) is 1. The summed E-state index contributed by atoms with van der Waals surface area (Å²) in [5.41, 5.74) is 4.86. The number of ether oxygens (including phenoxy) is 4. The second kappa shape index (κ2) is 20.5. The number of hydrogen-bond acceptors (Lipinski definition) is 5. The lowest BCUT2D eigenvalue weighted by Crippen LogP contribution is -2.29. The third-order valence-electron chi connectivity index (χ3n) is 7.50. The molecule has 0 saturated heterocycles. The lowest BCUT2D eigenvalue weighted by Gasteiger charge is -2.14. The predicted octanol–water partition coefficient (Wildman–Crippen LogP) is 7.89. The Morgan fingerprint density at radius 2 is 1.10 bits per heavy atom. The van der Waals surface area contributed by atoms with Crippen molar-refractivity contribution in [2.24, 2.45) is 0 Å². The summed E-state index contributed by atoms with van der Waals surface area (Å²) >= 11 is 0. The van der Waals surface area contributed by atoms with Gasteiger partial charge in [0.05, 0.1) is 33.0 Å². The first-order valence-electron chi connectivity index (χ1n) is 15.6. The maximum atomic E-state index is 12.2. The molecule has 0 bridgehead atoms. The Morgan fingerprint density at radius 3 is 1.68 bits per heavy atom. The smallest absolute Gasteiger partial charge is 0.407 e. The molecule has 1 N–H and O–H groups in total. The molecule has 0 aromatic heterocycles. The van der Waals surface area contributed by atoms with Crippen molar-refractivity contribution < 1.29 is 23.7 Å². The Balaban J connectivity index is 1.07. The first kappa shape index (κ1) is 32.1. The predicted molar refractivity (Wildman–Crippen MR) is 162 cm³/mol. The number of alkyl carbamates (subject to hydrolysis) is 1. The summed E-state index contributed by atoms with van der Waals surface area (Å²) in [6.45, 7) is 6.45. The van der Waals surface area contributed by atoms with Crippen LogP contribution in [-0.2, 0) is 18.9 Å². The Morgan fingerprint density at radius 1 is 0.625 bits per heavy atom. The average Bonchev–Trinajstić information content (AvgIpc) is 3.30. The summed E-state index contributed by atoms with van der Waals surface area (Å²) in [6, 6.07) is 16.6. The average molecular weight is 554 g/mol. The van der Waals surface area contributed by atoms with Crippen LogP contribution in [0, 0.1) is 0 Å². The molecule has 0 unspecified atom stereocenters. The van der Waals surface area contributed by atoms with E-state index in [0.717, 1.165) is 13.0 Å². The summed E-state index contributed by atoms with van der Waals surface area (Å²) in [6.07, 6.45) is 14.4. The normalized spacial score (nSPS) is 12.3. The highest BCUT2D eigenvalue weighted by molar-refractivity contribution is 5.79. The fourth-order valence-corrected chi connectivity index (χ4v) is 5.28. The van der Waals surface area contributed by atoms with E-state index in [-0.39, 0.29) is 5.92 Å². The van der Waals surface area contributed by atoms with Gasteiger partial charge in [-0.3, -0.25) is 0 Å². The highest BCUT2D eigenvalue weighted by atomic mass is 16.6. The topological polar surface area (TPSA) is 66.0 Å². The van der Waals surface area contributed by atoms with Crippen molar-refractivity contribution in [1.29, 1.82) is 0 Å². The lowest BCUT2D eigenvalue weighted by molar-refractivity contribution is 0.0143. The Kier molecular flexibility index (Phi) is 16.4. The molecule has 1 aliphatic carbocycles. The van der Waals surface area contributed by atoms with Gasteiger partial charge < -0.3 is 24.3 Å². The van der Waals surface area contributed by atoms with Crippen LogP contribution in [0.5, 0.6) is 0 Å². The molecular weight excluding hydrogens is 502 g/mol. The zero-order chi connectivity index (χ0) is 28.1. The van der Waals surface area contributed by atoms with Crippen LogP contribution < -0.4 is 5.32 Å². The second-order valence-corrected chi connectivity index (χ2v) is 10.6. The molecular formula is C34H51NO5. The van der Waals surface area contributed by atoms with E-state index in [9.17, 15) is 4.79 Å². The number of unbranched alkanes of at least 4 members (excludes halogenated alkanes) is 10. The molecule has 0 heterocycles. The van der Waals surface area contributed by atoms with E-state index in [4.69, 9.17) is 18.9 Å². The van der Waals surface area contributed by atoms with Crippen molar-refractivity contribution in [3.05, 3.63) is 59.7 Å². The van der Waals surface area contributed by atoms with Crippen LogP contribution in [-0.4, -0.2) is 58.9 Å². The van der Waals surface area contributed by atoms with Gasteiger partial charge in [0.25, 0.3) is 0 Å². The second-order valence-electron chi connectivity index (χ2n) is 10.6. The van der Waals surface area contributed by atoms with Crippen LogP contribution in [0.2, 0.25) is 0 Å².